The molecule has 1 aromatic carbocycles. The van der Waals surface area contributed by atoms with Crippen molar-refractivity contribution in [3.63, 3.8) is 0 Å². The van der Waals surface area contributed by atoms with Crippen molar-refractivity contribution in [1.29, 1.82) is 5.26 Å². The van der Waals surface area contributed by atoms with Gasteiger partial charge in [0.1, 0.15) is 30.0 Å². The highest BCUT2D eigenvalue weighted by atomic mass is 35.5. The van der Waals surface area contributed by atoms with E-state index in [9.17, 15) is 4.79 Å². The molecule has 148 valence electrons. The van der Waals surface area contributed by atoms with Crippen molar-refractivity contribution in [3.05, 3.63) is 75.8 Å². The lowest BCUT2D eigenvalue weighted by molar-refractivity contribution is 0.0923. The fourth-order valence-electron chi connectivity index (χ4n) is 2.40. The molecule has 1 amide bonds. The maximum absolute atomic E-state index is 12.2. The molecule has 0 saturated heterocycles. The number of hydrogen-bond acceptors (Lipinski definition) is 6. The van der Waals surface area contributed by atoms with Gasteiger partial charge in [0.15, 0.2) is 5.76 Å². The molecule has 0 spiro atoms. The molecule has 0 aliphatic carbocycles. The Labute approximate surface area is 177 Å². The Kier molecular flexibility index (Phi) is 6.95. The number of carbonyl (C=O) groups excluding carboxylic acids is 1. The number of benzene rings is 1. The summed E-state index contributed by atoms with van der Waals surface area (Å²) in [5, 5.41) is 15.7. The Balaban J connectivity index is 1.46. The van der Waals surface area contributed by atoms with Crippen LogP contribution in [0.15, 0.2) is 53.1 Å². The van der Waals surface area contributed by atoms with Crippen LogP contribution in [0.1, 0.15) is 21.9 Å². The number of rotatable bonds is 8. The van der Waals surface area contributed by atoms with Gasteiger partial charge in [0.2, 0.25) is 0 Å². The quantitative estimate of drug-likeness (QED) is 0.517. The lowest BCUT2D eigenvalue weighted by Gasteiger charge is -2.08. The number of pyridine rings is 1. The van der Waals surface area contributed by atoms with Gasteiger partial charge in [-0.15, -0.1) is 0 Å². The molecule has 0 unspecified atom stereocenters. The topological polar surface area (TPSA) is 100 Å². The zero-order valence-corrected chi connectivity index (χ0v) is 16.6. The number of nitrogens with zero attached hydrogens (tertiary/aromatic N) is 2. The molecular formula is C20H16Cl2N4O3. The molecule has 3 aromatic rings. The number of nitriles is 1. The second-order valence-corrected chi connectivity index (χ2v) is 6.67. The van der Waals surface area contributed by atoms with E-state index in [1.807, 2.05) is 0 Å². The minimum atomic E-state index is -0.356. The molecular weight excluding hydrogens is 415 g/mol. The number of para-hydroxylation sites is 1. The molecule has 2 heterocycles. The second-order valence-electron chi connectivity index (χ2n) is 5.83. The molecule has 0 fully saturated rings. The molecule has 0 aliphatic rings. The van der Waals surface area contributed by atoms with Crippen LogP contribution in [0.25, 0.3) is 0 Å². The van der Waals surface area contributed by atoms with Gasteiger partial charge >= 0.3 is 0 Å². The molecule has 2 N–H and O–H groups in total. The summed E-state index contributed by atoms with van der Waals surface area (Å²) in [5.41, 5.74) is 0.430. The number of hydrogen-bond donors (Lipinski definition) is 2. The van der Waals surface area contributed by atoms with Crippen molar-refractivity contribution in [2.24, 2.45) is 0 Å². The molecule has 7 nitrogen and oxygen atoms in total. The average molecular weight is 431 g/mol. The number of ether oxygens (including phenoxy) is 1. The summed E-state index contributed by atoms with van der Waals surface area (Å²) in [6.45, 7) is 0.859. The van der Waals surface area contributed by atoms with Gasteiger partial charge in [-0.25, -0.2) is 4.98 Å². The summed E-state index contributed by atoms with van der Waals surface area (Å²) in [7, 11) is 0. The monoisotopic (exact) mass is 430 g/mol. The van der Waals surface area contributed by atoms with Crippen LogP contribution >= 0.6 is 23.2 Å². The zero-order chi connectivity index (χ0) is 20.6. The minimum absolute atomic E-state index is 0.105. The van der Waals surface area contributed by atoms with E-state index >= 15 is 0 Å². The zero-order valence-electron chi connectivity index (χ0n) is 15.1. The Bertz CT molecular complexity index is 1050. The minimum Gasteiger partial charge on any atom is -0.484 e. The number of carbonyl (C=O) groups is 1. The van der Waals surface area contributed by atoms with Gasteiger partial charge in [-0.3, -0.25) is 4.79 Å². The van der Waals surface area contributed by atoms with E-state index < -0.39 is 0 Å². The van der Waals surface area contributed by atoms with Crippen LogP contribution in [0, 0.1) is 11.3 Å². The first-order chi connectivity index (χ1) is 14.1. The van der Waals surface area contributed by atoms with E-state index in [1.54, 1.807) is 42.5 Å². The molecule has 29 heavy (non-hydrogen) atoms. The summed E-state index contributed by atoms with van der Waals surface area (Å²) in [5.74, 6) is 1.22. The van der Waals surface area contributed by atoms with Crippen LogP contribution in [0.2, 0.25) is 10.0 Å². The van der Waals surface area contributed by atoms with Crippen LogP contribution in [0.3, 0.4) is 0 Å². The molecule has 0 atom stereocenters. The van der Waals surface area contributed by atoms with Crippen molar-refractivity contribution >= 4 is 34.9 Å². The van der Waals surface area contributed by atoms with E-state index in [0.29, 0.717) is 46.0 Å². The Hall–Kier alpha value is -3.21. The lowest BCUT2D eigenvalue weighted by Crippen LogP contribution is -2.28. The second kappa shape index (κ2) is 9.82. The van der Waals surface area contributed by atoms with Gasteiger partial charge in [-0.1, -0.05) is 35.3 Å². The predicted octanol–water partition coefficient (Wildman–Crippen LogP) is 4.27. The summed E-state index contributed by atoms with van der Waals surface area (Å²) >= 11 is 11.8. The Morgan fingerprint density at radius 3 is 2.83 bits per heavy atom. The van der Waals surface area contributed by atoms with Crippen molar-refractivity contribution in [2.75, 3.05) is 18.4 Å². The first-order valence-electron chi connectivity index (χ1n) is 8.60. The van der Waals surface area contributed by atoms with Crippen LogP contribution in [-0.2, 0) is 6.61 Å². The number of nitrogens with one attached hydrogen (secondary N) is 2. The third kappa shape index (κ3) is 5.64. The van der Waals surface area contributed by atoms with Gasteiger partial charge in [0, 0.05) is 19.3 Å². The predicted molar refractivity (Wildman–Crippen MR) is 109 cm³/mol. The normalized spacial score (nSPS) is 10.2. The van der Waals surface area contributed by atoms with Gasteiger partial charge in [-0.2, -0.15) is 5.26 Å². The molecule has 2 aromatic heterocycles. The molecule has 0 radical (unpaired) electrons. The highest BCUT2D eigenvalue weighted by Crippen LogP contribution is 2.22. The third-order valence-corrected chi connectivity index (χ3v) is 4.27. The molecule has 3 rings (SSSR count). The van der Waals surface area contributed by atoms with E-state index in [1.165, 1.54) is 6.20 Å². The fraction of sp³-hybridized carbons (Fsp3) is 0.150. The first-order valence-corrected chi connectivity index (χ1v) is 9.36. The fourth-order valence-corrected chi connectivity index (χ4v) is 2.85. The number of amides is 1. The summed E-state index contributed by atoms with van der Waals surface area (Å²) in [4.78, 5) is 16.3. The first kappa shape index (κ1) is 20.5. The third-order valence-electron chi connectivity index (χ3n) is 3.77. The van der Waals surface area contributed by atoms with Crippen molar-refractivity contribution < 1.29 is 13.9 Å². The van der Waals surface area contributed by atoms with Crippen molar-refractivity contribution in [1.82, 2.24) is 10.3 Å². The summed E-state index contributed by atoms with van der Waals surface area (Å²) in [6, 6.07) is 13.8. The van der Waals surface area contributed by atoms with Crippen molar-refractivity contribution in [2.45, 2.75) is 6.61 Å². The van der Waals surface area contributed by atoms with Gasteiger partial charge in [0.25, 0.3) is 5.91 Å². The highest BCUT2D eigenvalue weighted by molar-refractivity contribution is 6.35. The molecule has 0 bridgehead atoms. The van der Waals surface area contributed by atoms with E-state index in [-0.39, 0.29) is 18.3 Å². The molecule has 0 saturated carbocycles. The summed E-state index contributed by atoms with van der Waals surface area (Å²) in [6.07, 6.45) is 1.48. The number of furan rings is 1. The maximum Gasteiger partial charge on any atom is 0.287 e. The SMILES string of the molecule is N#Cc1ccccc1OCc1ccc(C(=O)NCCNc2ncc(Cl)cc2Cl)o1. The number of halogens is 2. The Morgan fingerprint density at radius 1 is 1.21 bits per heavy atom. The van der Waals surface area contributed by atoms with E-state index in [0.717, 1.165) is 0 Å². The van der Waals surface area contributed by atoms with Crippen LogP contribution in [-0.4, -0.2) is 24.0 Å². The Morgan fingerprint density at radius 2 is 2.03 bits per heavy atom. The van der Waals surface area contributed by atoms with Crippen LogP contribution in [0.5, 0.6) is 5.75 Å². The number of aromatic nitrogens is 1. The van der Waals surface area contributed by atoms with Crippen LogP contribution < -0.4 is 15.4 Å². The standard InChI is InChI=1S/C20H16Cl2N4O3/c21-14-9-16(22)19(26-11-14)24-7-8-25-20(27)18-6-5-15(29-18)12-28-17-4-2-1-3-13(17)10-23/h1-6,9,11H,7-8,12H2,(H,24,26)(H,25,27). The average Bonchev–Trinajstić information content (AvgIpc) is 3.20. The largest absolute Gasteiger partial charge is 0.484 e. The van der Waals surface area contributed by atoms with Gasteiger partial charge in [0.05, 0.1) is 15.6 Å². The maximum atomic E-state index is 12.2. The lowest BCUT2D eigenvalue weighted by atomic mass is 10.2. The molecule has 0 aliphatic heterocycles. The summed E-state index contributed by atoms with van der Waals surface area (Å²) < 4.78 is 11.1. The molecule has 9 heteroatoms. The number of anilines is 1. The van der Waals surface area contributed by atoms with Gasteiger partial charge < -0.3 is 19.8 Å². The van der Waals surface area contributed by atoms with Gasteiger partial charge in [-0.05, 0) is 30.3 Å². The smallest absolute Gasteiger partial charge is 0.287 e. The van der Waals surface area contributed by atoms with Crippen LogP contribution in [0.4, 0.5) is 5.82 Å². The highest BCUT2D eigenvalue weighted by Gasteiger charge is 2.12. The van der Waals surface area contributed by atoms with E-state index in [2.05, 4.69) is 21.7 Å². The van der Waals surface area contributed by atoms with E-state index in [4.69, 9.17) is 37.6 Å². The van der Waals surface area contributed by atoms with Crippen molar-refractivity contribution in [3.8, 4) is 11.8 Å².